The van der Waals surface area contributed by atoms with Crippen molar-refractivity contribution in [2.75, 3.05) is 13.7 Å². The highest BCUT2D eigenvalue weighted by Crippen LogP contribution is 2.09. The van der Waals surface area contributed by atoms with Crippen molar-refractivity contribution in [2.45, 2.75) is 18.4 Å². The Morgan fingerprint density at radius 1 is 1.39 bits per heavy atom. The number of halogens is 1. The average molecular weight is 269 g/mol. The van der Waals surface area contributed by atoms with Gasteiger partial charge in [-0.25, -0.2) is 14.0 Å². The third-order valence-electron chi connectivity index (χ3n) is 1.62. The molecule has 0 radical (unpaired) electrons. The molecule has 0 aromatic carbocycles. The monoisotopic (exact) mass is 269 g/mol. The van der Waals surface area contributed by atoms with Gasteiger partial charge in [0.05, 0.1) is 6.21 Å². The zero-order valence-corrected chi connectivity index (χ0v) is 9.22. The molecule has 9 nitrogen and oxygen atoms in total. The lowest BCUT2D eigenvalue weighted by molar-refractivity contribution is -0.0644. The fraction of sp³-hybridized carbons (Fsp3) is 0.625. The van der Waals surface area contributed by atoms with E-state index >= 15 is 0 Å². The van der Waals surface area contributed by atoms with Gasteiger partial charge in [0.15, 0.2) is 12.3 Å². The van der Waals surface area contributed by atoms with Gasteiger partial charge in [0.2, 0.25) is 0 Å². The predicted molar refractivity (Wildman–Crippen MR) is 53.3 cm³/mol. The third-order valence-corrected chi connectivity index (χ3v) is 1.62. The number of rotatable bonds is 7. The highest BCUT2D eigenvalue weighted by atomic mass is 19.1. The maximum Gasteiger partial charge on any atom is 0.506 e. The molecular formula is C8H12FNO8. The van der Waals surface area contributed by atoms with Crippen LogP contribution in [0, 0.1) is 0 Å². The lowest BCUT2D eigenvalue weighted by Gasteiger charge is -2.21. The topological polar surface area (TPSA) is 135 Å². The van der Waals surface area contributed by atoms with E-state index in [-0.39, 0.29) is 0 Å². The number of hydrogen-bond donors (Lipinski definition) is 3. The maximum absolute atomic E-state index is 13.4. The van der Waals surface area contributed by atoms with Gasteiger partial charge in [0, 0.05) is 0 Å². The van der Waals surface area contributed by atoms with Crippen molar-refractivity contribution in [3.63, 3.8) is 0 Å². The Balaban J connectivity index is 4.59. The summed E-state index contributed by atoms with van der Waals surface area (Å²) in [5.74, 6) is 0. The van der Waals surface area contributed by atoms with E-state index in [0.717, 1.165) is 7.11 Å². The molecule has 18 heavy (non-hydrogen) atoms. The number of ether oxygens (including phenoxy) is 2. The van der Waals surface area contributed by atoms with Crippen molar-refractivity contribution < 1.29 is 43.6 Å². The van der Waals surface area contributed by atoms with Gasteiger partial charge in [-0.05, 0) is 0 Å². The van der Waals surface area contributed by atoms with Gasteiger partial charge < -0.3 is 29.6 Å². The first-order valence-corrected chi connectivity index (χ1v) is 4.52. The van der Waals surface area contributed by atoms with E-state index in [1.165, 1.54) is 0 Å². The number of carbonyl (C=O) groups is 2. The molecule has 0 aromatic rings. The van der Waals surface area contributed by atoms with Crippen LogP contribution in [0.15, 0.2) is 5.16 Å². The van der Waals surface area contributed by atoms with Crippen LogP contribution in [-0.2, 0) is 14.3 Å². The van der Waals surface area contributed by atoms with Crippen molar-refractivity contribution in [2.24, 2.45) is 5.16 Å². The minimum atomic E-state index is -2.13. The van der Waals surface area contributed by atoms with Crippen LogP contribution >= 0.6 is 0 Å². The minimum absolute atomic E-state index is 0.553. The Kier molecular flexibility index (Phi) is 7.12. The molecule has 0 aromatic heterocycles. The summed E-state index contributed by atoms with van der Waals surface area (Å²) >= 11 is 0. The van der Waals surface area contributed by atoms with Gasteiger partial charge >= 0.3 is 12.3 Å². The second kappa shape index (κ2) is 8.06. The standard InChI is InChI=1S/C8H12FNO8/c1-16-10-2-4(9)6(18-8(14)15)5(11)3-17-7(12)13/h2,4-6,11H,3H2,1H3,(H,12,13)(H,14,15)/b10-2+/t4-,5-,6+/m1/s1. The van der Waals surface area contributed by atoms with Gasteiger partial charge in [-0.15, -0.1) is 0 Å². The summed E-state index contributed by atoms with van der Waals surface area (Å²) in [5.41, 5.74) is 0. The van der Waals surface area contributed by atoms with E-state index in [9.17, 15) is 19.1 Å². The second-order valence-electron chi connectivity index (χ2n) is 2.87. The number of carboxylic acid groups (broad SMARTS) is 2. The van der Waals surface area contributed by atoms with Crippen LogP contribution in [0.4, 0.5) is 14.0 Å². The third kappa shape index (κ3) is 6.48. The molecule has 0 aliphatic carbocycles. The van der Waals surface area contributed by atoms with Crippen molar-refractivity contribution in [3.05, 3.63) is 0 Å². The molecule has 0 spiro atoms. The Hall–Kier alpha value is -2.10. The van der Waals surface area contributed by atoms with Crippen molar-refractivity contribution >= 4 is 18.5 Å². The van der Waals surface area contributed by atoms with Gasteiger partial charge in [0.25, 0.3) is 0 Å². The molecule has 0 unspecified atom stereocenters. The SMILES string of the molecule is CO/N=C/[C@@H](F)[C@H](OC(=O)O)[C@H](O)COC(=O)O. The van der Waals surface area contributed by atoms with Crippen molar-refractivity contribution in [1.82, 2.24) is 0 Å². The highest BCUT2D eigenvalue weighted by Gasteiger charge is 2.32. The zero-order valence-electron chi connectivity index (χ0n) is 9.22. The van der Waals surface area contributed by atoms with Crippen LogP contribution in [0.5, 0.6) is 0 Å². The molecule has 0 fully saturated rings. The van der Waals surface area contributed by atoms with E-state index in [1.807, 2.05) is 0 Å². The smallest absolute Gasteiger partial charge is 0.450 e. The molecule has 3 N–H and O–H groups in total. The Labute approximate surface area is 100 Å². The molecule has 0 rings (SSSR count). The van der Waals surface area contributed by atoms with Crippen molar-refractivity contribution in [1.29, 1.82) is 0 Å². The Morgan fingerprint density at radius 3 is 2.44 bits per heavy atom. The molecule has 0 saturated carbocycles. The number of aliphatic hydroxyl groups excluding tert-OH is 1. The fourth-order valence-electron chi connectivity index (χ4n) is 0.928. The Bertz CT molecular complexity index is 309. The Morgan fingerprint density at radius 2 is 2.00 bits per heavy atom. The van der Waals surface area contributed by atoms with Gasteiger partial charge in [-0.3, -0.25) is 0 Å². The highest BCUT2D eigenvalue weighted by molar-refractivity contribution is 5.65. The molecule has 0 heterocycles. The summed E-state index contributed by atoms with van der Waals surface area (Å²) in [4.78, 5) is 24.5. The van der Waals surface area contributed by atoms with Gasteiger partial charge in [0.1, 0.15) is 19.8 Å². The molecule has 0 saturated heterocycles. The first-order chi connectivity index (χ1) is 8.38. The van der Waals surface area contributed by atoms with Crippen LogP contribution < -0.4 is 0 Å². The molecule has 10 heteroatoms. The maximum atomic E-state index is 13.4. The first-order valence-electron chi connectivity index (χ1n) is 4.52. The summed E-state index contributed by atoms with van der Waals surface area (Å²) in [7, 11) is 1.13. The fourth-order valence-corrected chi connectivity index (χ4v) is 0.928. The number of alkyl halides is 1. The van der Waals surface area contributed by atoms with Gasteiger partial charge in [-0.2, -0.15) is 0 Å². The molecule has 3 atom stereocenters. The van der Waals surface area contributed by atoms with Crippen LogP contribution in [-0.4, -0.2) is 65.9 Å². The van der Waals surface area contributed by atoms with Crippen LogP contribution in [0.2, 0.25) is 0 Å². The number of oxime groups is 1. The normalized spacial score (nSPS) is 15.7. The van der Waals surface area contributed by atoms with E-state index < -0.39 is 37.3 Å². The first kappa shape index (κ1) is 15.9. The van der Waals surface area contributed by atoms with E-state index in [4.69, 9.17) is 10.2 Å². The quantitative estimate of drug-likeness (QED) is 0.336. The molecule has 0 amide bonds. The minimum Gasteiger partial charge on any atom is -0.450 e. The lowest BCUT2D eigenvalue weighted by atomic mass is 10.1. The second-order valence-corrected chi connectivity index (χ2v) is 2.87. The molecule has 0 aliphatic heterocycles. The molecule has 0 bridgehead atoms. The summed E-state index contributed by atoms with van der Waals surface area (Å²) in [6.45, 7) is -0.853. The number of nitrogens with zero attached hydrogens (tertiary/aromatic N) is 1. The van der Waals surface area contributed by atoms with E-state index in [1.54, 1.807) is 0 Å². The predicted octanol–water partition coefficient (Wildman–Crippen LogP) is 0.0754. The average Bonchev–Trinajstić information content (AvgIpc) is 2.29. The summed E-state index contributed by atoms with van der Waals surface area (Å²) in [6.07, 6.45) is -8.84. The number of aliphatic hydroxyl groups is 1. The molecular weight excluding hydrogens is 257 g/mol. The zero-order chi connectivity index (χ0) is 14.1. The van der Waals surface area contributed by atoms with Crippen LogP contribution in [0.25, 0.3) is 0 Å². The summed E-state index contributed by atoms with van der Waals surface area (Å²) < 4.78 is 21.5. The van der Waals surface area contributed by atoms with Crippen LogP contribution in [0.1, 0.15) is 0 Å². The summed E-state index contributed by atoms with van der Waals surface area (Å²) in [6, 6.07) is 0. The lowest BCUT2D eigenvalue weighted by Crippen LogP contribution is -2.42. The molecule has 0 aliphatic rings. The van der Waals surface area contributed by atoms with Gasteiger partial charge in [-0.1, -0.05) is 5.16 Å². The van der Waals surface area contributed by atoms with E-state index in [2.05, 4.69) is 19.5 Å². The van der Waals surface area contributed by atoms with Crippen molar-refractivity contribution in [3.8, 4) is 0 Å². The number of hydrogen-bond acceptors (Lipinski definition) is 7. The largest absolute Gasteiger partial charge is 0.506 e. The van der Waals surface area contributed by atoms with Crippen LogP contribution in [0.3, 0.4) is 0 Å². The summed E-state index contributed by atoms with van der Waals surface area (Å²) in [5, 5.41) is 28.9. The van der Waals surface area contributed by atoms with E-state index in [0.29, 0.717) is 6.21 Å². The molecule has 104 valence electrons.